The Bertz CT molecular complexity index is 1950. The molecule has 0 atom stereocenters. The lowest BCUT2D eigenvalue weighted by Gasteiger charge is -2.23. The molecule has 1 aliphatic carbocycles. The third-order valence-electron chi connectivity index (χ3n) is 8.08. The van der Waals surface area contributed by atoms with E-state index in [1.54, 1.807) is 0 Å². The fraction of sp³-hybridized carbons (Fsp3) is 0.368. The second-order valence-corrected chi connectivity index (χ2v) is 11.7. The van der Waals surface area contributed by atoms with E-state index in [1.807, 2.05) is 77.9 Å². The molecular formula is C38H40O8. The topological polar surface area (TPSA) is 105 Å². The molecule has 0 fully saturated rings. The van der Waals surface area contributed by atoms with Crippen molar-refractivity contribution in [3.05, 3.63) is 68.4 Å². The lowest BCUT2D eigenvalue weighted by Crippen LogP contribution is -2.16. The van der Waals surface area contributed by atoms with Gasteiger partial charge in [-0.05, 0) is 50.7 Å². The number of carbonyl (C=O) groups is 4. The summed E-state index contributed by atoms with van der Waals surface area (Å²) in [6.45, 7) is 11.4. The van der Waals surface area contributed by atoms with Gasteiger partial charge in [0.15, 0.2) is 0 Å². The maximum absolute atomic E-state index is 13.2. The van der Waals surface area contributed by atoms with Gasteiger partial charge in [-0.2, -0.15) is 0 Å². The summed E-state index contributed by atoms with van der Waals surface area (Å²) in [4.78, 5) is 52.5. The van der Waals surface area contributed by atoms with Crippen LogP contribution in [-0.2, 0) is 19.2 Å². The largest absolute Gasteiger partial charge is 0.425 e. The molecule has 0 spiro atoms. The number of aryl methyl sites for hydroxylation is 2. The van der Waals surface area contributed by atoms with Gasteiger partial charge in [-0.25, -0.2) is 0 Å². The van der Waals surface area contributed by atoms with Crippen LogP contribution in [0, 0.1) is 34.7 Å². The average Bonchev–Trinajstić information content (AvgIpc) is 2.98. The van der Waals surface area contributed by atoms with E-state index >= 15 is 0 Å². The van der Waals surface area contributed by atoms with Crippen LogP contribution in [0.5, 0.6) is 23.0 Å². The minimum atomic E-state index is -0.424. The summed E-state index contributed by atoms with van der Waals surface area (Å²) in [5, 5.41) is 4.24. The van der Waals surface area contributed by atoms with Gasteiger partial charge in [-0.3, -0.25) is 19.2 Å². The van der Waals surface area contributed by atoms with E-state index in [-0.39, 0.29) is 48.7 Å². The standard InChI is InChI=1S/C38H40O8/c1-7-13-25(39)43-35-23-19-11-17-21(5)29(23)37(45-27(41)15-9-3)33-31(35)32-34(33)38(46-28(42)16-10-4)30-22(6)18-12-20-24(30)36(32)44-26(40)14-8-2/h11-12,17-20H,7-10,13-16H2,1-6H3. The molecule has 8 heteroatoms. The minimum absolute atomic E-state index is 0.192. The molecule has 46 heavy (non-hydrogen) atoms. The van der Waals surface area contributed by atoms with Crippen LogP contribution in [0.2, 0.25) is 0 Å². The molecule has 0 saturated heterocycles. The first kappa shape index (κ1) is 32.7. The lowest BCUT2D eigenvalue weighted by atomic mass is 9.89. The number of carbonyl (C=O) groups excluding carboxylic acids is 4. The molecule has 0 amide bonds. The Morgan fingerprint density at radius 3 is 1.04 bits per heavy atom. The first-order valence-corrected chi connectivity index (χ1v) is 16.2. The summed E-state index contributed by atoms with van der Waals surface area (Å²) in [5.41, 5.74) is 1.61. The Balaban J connectivity index is 2.09. The highest BCUT2D eigenvalue weighted by Crippen LogP contribution is 2.48. The van der Waals surface area contributed by atoms with Crippen LogP contribution in [0.1, 0.15) is 90.2 Å². The molecule has 4 aromatic carbocycles. The van der Waals surface area contributed by atoms with Gasteiger partial charge >= 0.3 is 23.9 Å². The van der Waals surface area contributed by atoms with Gasteiger partial charge in [0.1, 0.15) is 23.0 Å². The van der Waals surface area contributed by atoms with Crippen molar-refractivity contribution in [2.45, 2.75) is 92.9 Å². The number of fused-ring (bicyclic) bond motifs is 4. The number of ether oxygens (including phenoxy) is 4. The maximum Gasteiger partial charge on any atom is 0.311 e. The fourth-order valence-corrected chi connectivity index (χ4v) is 6.07. The van der Waals surface area contributed by atoms with Crippen molar-refractivity contribution in [3.63, 3.8) is 0 Å². The van der Waals surface area contributed by atoms with E-state index in [0.29, 0.717) is 68.1 Å². The van der Waals surface area contributed by atoms with E-state index in [4.69, 9.17) is 18.9 Å². The predicted octanol–water partition coefficient (Wildman–Crippen LogP) is 8.32. The zero-order chi connectivity index (χ0) is 33.1. The molecule has 1 aliphatic rings. The Morgan fingerprint density at radius 1 is 0.457 bits per heavy atom. The average molecular weight is 625 g/mol. The number of benzene rings is 4. The second-order valence-electron chi connectivity index (χ2n) is 11.7. The number of hydrogen-bond acceptors (Lipinski definition) is 8. The molecule has 8 nitrogen and oxygen atoms in total. The summed E-state index contributed by atoms with van der Waals surface area (Å²) < 4.78 is 24.6. The van der Waals surface area contributed by atoms with Crippen LogP contribution in [0.3, 0.4) is 0 Å². The lowest BCUT2D eigenvalue weighted by molar-refractivity contribution is -0.135. The summed E-state index contributed by atoms with van der Waals surface area (Å²) in [5.74, 6) is -0.558. The van der Waals surface area contributed by atoms with E-state index in [9.17, 15) is 19.2 Å². The number of rotatable bonds is 12. The predicted molar refractivity (Wildman–Crippen MR) is 175 cm³/mol. The molecule has 0 aliphatic heterocycles. The van der Waals surface area contributed by atoms with Crippen molar-refractivity contribution in [3.8, 4) is 23.0 Å². The van der Waals surface area contributed by atoms with E-state index in [2.05, 4.69) is 0 Å². The van der Waals surface area contributed by atoms with Gasteiger partial charge in [-0.15, -0.1) is 0 Å². The minimum Gasteiger partial charge on any atom is -0.425 e. The third kappa shape index (κ3) is 5.84. The zero-order valence-corrected chi connectivity index (χ0v) is 27.4. The monoisotopic (exact) mass is 624 g/mol. The first-order chi connectivity index (χ1) is 22.2. The van der Waals surface area contributed by atoms with Gasteiger partial charge in [0, 0.05) is 68.1 Å². The van der Waals surface area contributed by atoms with Gasteiger partial charge < -0.3 is 18.9 Å². The molecule has 0 unspecified atom stereocenters. The zero-order valence-electron chi connectivity index (χ0n) is 27.4. The molecule has 4 aromatic rings. The Labute approximate surface area is 267 Å². The van der Waals surface area contributed by atoms with Crippen molar-refractivity contribution in [2.75, 3.05) is 0 Å². The van der Waals surface area contributed by atoms with Crippen LogP contribution in [-0.4, -0.2) is 23.9 Å². The van der Waals surface area contributed by atoms with E-state index in [1.165, 1.54) is 0 Å². The van der Waals surface area contributed by atoms with Gasteiger partial charge in [0.2, 0.25) is 0 Å². The Kier molecular flexibility index (Phi) is 9.75. The van der Waals surface area contributed by atoms with Crippen molar-refractivity contribution in [1.29, 1.82) is 0 Å². The fourth-order valence-electron chi connectivity index (χ4n) is 6.07. The highest BCUT2D eigenvalue weighted by Gasteiger charge is 2.30. The van der Waals surface area contributed by atoms with Crippen LogP contribution in [0.15, 0.2) is 36.4 Å². The molecule has 0 bridgehead atoms. The summed E-state index contributed by atoms with van der Waals surface area (Å²) in [7, 11) is 0. The van der Waals surface area contributed by atoms with Crippen molar-refractivity contribution in [2.24, 2.45) is 0 Å². The summed E-state index contributed by atoms with van der Waals surface area (Å²) >= 11 is 0. The molecule has 0 saturated carbocycles. The van der Waals surface area contributed by atoms with Gasteiger partial charge in [0.05, 0.1) is 0 Å². The van der Waals surface area contributed by atoms with E-state index in [0.717, 1.165) is 11.1 Å². The van der Waals surface area contributed by atoms with Crippen LogP contribution >= 0.6 is 0 Å². The Morgan fingerprint density at radius 2 is 0.739 bits per heavy atom. The molecule has 0 N–H and O–H groups in total. The number of esters is 4. The normalized spacial score (nSPS) is 11.4. The van der Waals surface area contributed by atoms with Crippen LogP contribution in [0.4, 0.5) is 0 Å². The van der Waals surface area contributed by atoms with E-state index < -0.39 is 23.9 Å². The highest BCUT2D eigenvalue weighted by atomic mass is 16.6. The maximum atomic E-state index is 13.2. The summed E-state index contributed by atoms with van der Waals surface area (Å²) in [6, 6.07) is 11.1. The number of hydrogen-bond donors (Lipinski definition) is 0. The molecule has 240 valence electrons. The smallest absolute Gasteiger partial charge is 0.311 e. The molecule has 0 aromatic heterocycles. The third-order valence-corrected chi connectivity index (χ3v) is 8.08. The SMILES string of the molecule is CCCC(=O)Oc1c2c(c(OC(=O)CCC)c3c(C)cccc13)=c1c(OC(=O)CCC)c3c(C)cccc3c(OC(=O)CCC)c1=2. The highest BCUT2D eigenvalue weighted by molar-refractivity contribution is 6.02. The van der Waals surface area contributed by atoms with Crippen molar-refractivity contribution >= 4 is 45.4 Å². The molecular weight excluding hydrogens is 584 g/mol. The molecule has 0 radical (unpaired) electrons. The quantitative estimate of drug-likeness (QED) is 0.101. The molecule has 5 rings (SSSR count). The second kappa shape index (κ2) is 13.7. The van der Waals surface area contributed by atoms with Crippen LogP contribution < -0.4 is 18.9 Å². The van der Waals surface area contributed by atoms with Crippen LogP contribution in [0.25, 0.3) is 21.5 Å². The Hall–Kier alpha value is -4.72. The molecule has 0 heterocycles. The van der Waals surface area contributed by atoms with Gasteiger partial charge in [0.25, 0.3) is 0 Å². The van der Waals surface area contributed by atoms with Crippen molar-refractivity contribution in [1.82, 2.24) is 0 Å². The van der Waals surface area contributed by atoms with Crippen molar-refractivity contribution < 1.29 is 38.1 Å². The summed E-state index contributed by atoms with van der Waals surface area (Å²) in [6.07, 6.45) is 3.11. The van der Waals surface area contributed by atoms with Gasteiger partial charge in [-0.1, -0.05) is 64.1 Å². The first-order valence-electron chi connectivity index (χ1n) is 16.2.